The lowest BCUT2D eigenvalue weighted by molar-refractivity contribution is -0.114. The molecule has 0 spiro atoms. The fraction of sp³-hybridized carbons (Fsp3) is 0.111. The molecule has 2 aliphatic heterocycles. The van der Waals surface area contributed by atoms with E-state index in [1.54, 1.807) is 30.3 Å². The smallest absolute Gasteiger partial charge is 0.283 e. The highest BCUT2D eigenvalue weighted by Crippen LogP contribution is 2.31. The van der Waals surface area contributed by atoms with E-state index in [0.717, 1.165) is 10.6 Å². The molecule has 4 rings (SSSR count). The number of hydrazone groups is 1. The number of carbonyl (C=O) groups excluding carboxylic acids is 1. The monoisotopic (exact) mass is 418 g/mol. The third-order valence-corrected chi connectivity index (χ3v) is 5.35. The Morgan fingerprint density at radius 1 is 1.26 bits per heavy atom. The van der Waals surface area contributed by atoms with Crippen molar-refractivity contribution in [2.45, 2.75) is 13.3 Å². The summed E-state index contributed by atoms with van der Waals surface area (Å²) < 4.78 is 5.78. The van der Waals surface area contributed by atoms with E-state index in [9.17, 15) is 4.79 Å². The number of nitrogens with zero attached hydrogens (tertiary/aromatic N) is 3. The van der Waals surface area contributed by atoms with Crippen LogP contribution < -0.4 is 0 Å². The number of thioether (sulfide) groups is 1. The molecular weight excluding hydrogens is 407 g/mol. The van der Waals surface area contributed by atoms with Gasteiger partial charge in [-0.05, 0) is 54.6 Å². The van der Waals surface area contributed by atoms with Crippen LogP contribution in [0, 0.1) is 5.41 Å². The van der Waals surface area contributed by atoms with Gasteiger partial charge in [-0.2, -0.15) is 15.1 Å². The number of carbonyl (C=O) groups is 1. The number of amides is 1. The molecule has 0 saturated heterocycles. The number of rotatable bonds is 3. The van der Waals surface area contributed by atoms with Crippen molar-refractivity contribution >= 4 is 63.0 Å². The molecule has 3 heterocycles. The summed E-state index contributed by atoms with van der Waals surface area (Å²) in [6, 6.07) is 8.55. The predicted octanol–water partition coefficient (Wildman–Crippen LogP) is 5.28. The summed E-state index contributed by atoms with van der Waals surface area (Å²) in [6.45, 7) is 1.96. The van der Waals surface area contributed by atoms with Crippen molar-refractivity contribution in [1.82, 2.24) is 5.01 Å². The second kappa shape index (κ2) is 6.99. The van der Waals surface area contributed by atoms with E-state index in [4.69, 9.17) is 33.0 Å². The van der Waals surface area contributed by atoms with Gasteiger partial charge in [-0.1, -0.05) is 30.1 Å². The third-order valence-electron chi connectivity index (χ3n) is 3.86. The second-order valence-electron chi connectivity index (χ2n) is 5.73. The number of hydrogen-bond acceptors (Lipinski definition) is 5. The van der Waals surface area contributed by atoms with E-state index >= 15 is 0 Å². The van der Waals surface area contributed by atoms with Gasteiger partial charge in [-0.15, -0.1) is 0 Å². The number of furan rings is 1. The van der Waals surface area contributed by atoms with Crippen molar-refractivity contribution in [1.29, 1.82) is 5.41 Å². The number of halogens is 2. The molecule has 0 bridgehead atoms. The second-order valence-corrected chi connectivity index (χ2v) is 7.64. The maximum absolute atomic E-state index is 12.3. The first-order chi connectivity index (χ1) is 12.9. The molecule has 136 valence electrons. The lowest BCUT2D eigenvalue weighted by atomic mass is 10.1. The molecule has 0 unspecified atom stereocenters. The highest BCUT2D eigenvalue weighted by molar-refractivity contribution is 8.26. The molecule has 27 heavy (non-hydrogen) atoms. The molecule has 0 saturated carbocycles. The predicted molar refractivity (Wildman–Crippen MR) is 109 cm³/mol. The number of nitrogens with one attached hydrogen (secondary N) is 1. The lowest BCUT2D eigenvalue weighted by Crippen LogP contribution is -2.35. The average Bonchev–Trinajstić information content (AvgIpc) is 3.24. The van der Waals surface area contributed by atoms with Crippen LogP contribution in [-0.2, 0) is 4.79 Å². The summed E-state index contributed by atoms with van der Waals surface area (Å²) in [5.41, 5.74) is 0.834. The molecule has 2 aromatic rings. The van der Waals surface area contributed by atoms with E-state index < -0.39 is 5.91 Å². The summed E-state index contributed by atoms with van der Waals surface area (Å²) in [5, 5.41) is 16.2. The Bertz CT molecular complexity index is 1050. The minimum absolute atomic E-state index is 0.0234. The zero-order valence-corrected chi connectivity index (χ0v) is 16.3. The summed E-state index contributed by atoms with van der Waals surface area (Å²) >= 11 is 13.4. The van der Waals surface area contributed by atoms with Gasteiger partial charge in [-0.3, -0.25) is 10.2 Å². The van der Waals surface area contributed by atoms with Crippen LogP contribution in [-0.4, -0.2) is 27.0 Å². The Hall–Kier alpha value is -2.35. The van der Waals surface area contributed by atoms with Gasteiger partial charge in [-0.25, -0.2) is 0 Å². The molecule has 1 N–H and O–H groups in total. The van der Waals surface area contributed by atoms with Gasteiger partial charge in [0.2, 0.25) is 5.17 Å². The molecule has 6 nitrogen and oxygen atoms in total. The Balaban J connectivity index is 1.67. The minimum Gasteiger partial charge on any atom is -0.457 e. The first-order valence-electron chi connectivity index (χ1n) is 8.00. The lowest BCUT2D eigenvalue weighted by Gasteiger charge is -2.19. The first kappa shape index (κ1) is 18.0. The number of fused-ring (bicyclic) bond motifs is 1. The summed E-state index contributed by atoms with van der Waals surface area (Å²) in [6.07, 6.45) is 2.20. The largest absolute Gasteiger partial charge is 0.457 e. The van der Waals surface area contributed by atoms with Crippen molar-refractivity contribution in [3.8, 4) is 11.3 Å². The van der Waals surface area contributed by atoms with Crippen LogP contribution in [0.4, 0.5) is 0 Å². The van der Waals surface area contributed by atoms with Gasteiger partial charge in [0.15, 0.2) is 5.84 Å². The standard InChI is InChI=1S/C18H12Cl2N4O2S/c1-2-15-23-24-16(21)13(17(25)22-18(24)27-15)8-12-3-4-14(26-12)9-5-10(19)7-11(20)6-9/h3-8,21H,2H2,1H3. The molecule has 0 atom stereocenters. The Labute approximate surface area is 169 Å². The van der Waals surface area contributed by atoms with Crippen LogP contribution in [0.3, 0.4) is 0 Å². The highest BCUT2D eigenvalue weighted by Gasteiger charge is 2.35. The summed E-state index contributed by atoms with van der Waals surface area (Å²) in [4.78, 5) is 16.4. The summed E-state index contributed by atoms with van der Waals surface area (Å²) in [5.74, 6) is 0.451. The number of amidine groups is 2. The SMILES string of the molecule is CCC1=NN2C(=N)C(=Cc3ccc(-c4cc(Cl)cc(Cl)c4)o3)C(=O)N=C2S1. The minimum atomic E-state index is -0.491. The fourth-order valence-electron chi connectivity index (χ4n) is 2.60. The van der Waals surface area contributed by atoms with Crippen LogP contribution in [0.1, 0.15) is 19.1 Å². The van der Waals surface area contributed by atoms with Crippen LogP contribution in [0.5, 0.6) is 0 Å². The summed E-state index contributed by atoms with van der Waals surface area (Å²) in [7, 11) is 0. The molecule has 9 heteroatoms. The number of hydrogen-bond donors (Lipinski definition) is 1. The quantitative estimate of drug-likeness (QED) is 0.686. The van der Waals surface area contributed by atoms with Crippen LogP contribution in [0.2, 0.25) is 10.0 Å². The van der Waals surface area contributed by atoms with Crippen molar-refractivity contribution < 1.29 is 9.21 Å². The molecule has 1 amide bonds. The number of benzene rings is 1. The van der Waals surface area contributed by atoms with Gasteiger partial charge in [0.05, 0.1) is 5.57 Å². The van der Waals surface area contributed by atoms with Gasteiger partial charge in [0.1, 0.15) is 16.6 Å². The van der Waals surface area contributed by atoms with E-state index in [0.29, 0.717) is 33.2 Å². The molecule has 0 aliphatic carbocycles. The maximum atomic E-state index is 12.3. The van der Waals surface area contributed by atoms with Crippen molar-refractivity contribution in [2.75, 3.05) is 0 Å². The van der Waals surface area contributed by atoms with Crippen molar-refractivity contribution in [3.63, 3.8) is 0 Å². The van der Waals surface area contributed by atoms with Crippen LogP contribution >= 0.6 is 35.0 Å². The fourth-order valence-corrected chi connectivity index (χ4v) is 3.95. The highest BCUT2D eigenvalue weighted by atomic mass is 35.5. The third kappa shape index (κ3) is 3.45. The van der Waals surface area contributed by atoms with Gasteiger partial charge in [0.25, 0.3) is 5.91 Å². The van der Waals surface area contributed by atoms with Gasteiger partial charge < -0.3 is 4.42 Å². The van der Waals surface area contributed by atoms with E-state index in [1.807, 2.05) is 6.92 Å². The Morgan fingerprint density at radius 2 is 2.00 bits per heavy atom. The first-order valence-corrected chi connectivity index (χ1v) is 9.57. The molecule has 2 aliphatic rings. The maximum Gasteiger partial charge on any atom is 0.283 e. The molecule has 1 aromatic carbocycles. The zero-order valence-electron chi connectivity index (χ0n) is 14.0. The van der Waals surface area contributed by atoms with Crippen molar-refractivity contribution in [2.24, 2.45) is 10.1 Å². The Kier molecular flexibility index (Phi) is 4.67. The van der Waals surface area contributed by atoms with Gasteiger partial charge in [0, 0.05) is 15.6 Å². The molecular formula is C18H12Cl2N4O2S. The van der Waals surface area contributed by atoms with E-state index in [1.165, 1.54) is 22.8 Å². The zero-order chi connectivity index (χ0) is 19.1. The van der Waals surface area contributed by atoms with E-state index in [2.05, 4.69) is 10.1 Å². The molecule has 0 fully saturated rings. The average molecular weight is 419 g/mol. The normalized spacial score (nSPS) is 18.0. The molecule has 0 radical (unpaired) electrons. The Morgan fingerprint density at radius 3 is 2.70 bits per heavy atom. The number of aliphatic imine (C=N–C) groups is 1. The van der Waals surface area contributed by atoms with Crippen LogP contribution in [0.15, 0.2) is 50.4 Å². The molecule has 1 aromatic heterocycles. The topological polar surface area (TPSA) is 82.0 Å². The van der Waals surface area contributed by atoms with Crippen molar-refractivity contribution in [3.05, 3.63) is 51.7 Å². The van der Waals surface area contributed by atoms with Crippen LogP contribution in [0.25, 0.3) is 17.4 Å². The van der Waals surface area contributed by atoms with Gasteiger partial charge >= 0.3 is 0 Å². The van der Waals surface area contributed by atoms with E-state index in [-0.39, 0.29) is 11.4 Å².